The van der Waals surface area contributed by atoms with Crippen LogP contribution in [0.15, 0.2) is 24.3 Å². The number of nitrogens with zero attached hydrogens (tertiary/aromatic N) is 2. The third-order valence-electron chi connectivity index (χ3n) is 9.89. The molecule has 2 aliphatic heterocycles. The molecule has 12 heteroatoms. The van der Waals surface area contributed by atoms with Crippen molar-refractivity contribution in [1.82, 2.24) is 15.1 Å². The number of rotatable bonds is 8. The normalized spacial score (nSPS) is 22.6. The van der Waals surface area contributed by atoms with Crippen LogP contribution in [0.1, 0.15) is 100 Å². The standard InChI is InChI=1S/C34H53BN4O7/c1-22(38(9)31(43)44-32(2,3)4)28(40)37-27(23-16-11-10-12-17-23)30(42)39-21-15-20-26(39)29(41)36-25-19-14-13-18-24(25)35-45-33(5,6)34(7,8)46-35/h13-14,18-19,22-23,26-27H,10-12,15-17,20-21H2,1-9H3,(H,36,41)(H,37,40)/t22-,26-,27-/m0/s1. The lowest BCUT2D eigenvalue weighted by molar-refractivity contribution is -0.142. The van der Waals surface area contributed by atoms with E-state index in [1.54, 1.807) is 32.6 Å². The molecule has 3 aliphatic rings. The van der Waals surface area contributed by atoms with Crippen LogP contribution in [0, 0.1) is 5.92 Å². The highest BCUT2D eigenvalue weighted by atomic mass is 16.7. The number of benzene rings is 1. The van der Waals surface area contributed by atoms with Gasteiger partial charge in [0.25, 0.3) is 0 Å². The van der Waals surface area contributed by atoms with Gasteiger partial charge in [-0.1, -0.05) is 37.5 Å². The summed E-state index contributed by atoms with van der Waals surface area (Å²) in [5.74, 6) is -1.04. The molecule has 0 spiro atoms. The molecule has 4 amide bonds. The molecule has 2 saturated heterocycles. The van der Waals surface area contributed by atoms with Gasteiger partial charge in [-0.15, -0.1) is 0 Å². The van der Waals surface area contributed by atoms with Crippen molar-refractivity contribution in [2.75, 3.05) is 18.9 Å². The van der Waals surface area contributed by atoms with E-state index in [9.17, 15) is 19.2 Å². The summed E-state index contributed by atoms with van der Waals surface area (Å²) in [5.41, 5.74) is -0.511. The lowest BCUT2D eigenvalue weighted by atomic mass is 9.77. The van der Waals surface area contributed by atoms with Gasteiger partial charge in [-0.2, -0.15) is 0 Å². The first kappa shape index (κ1) is 35.7. The van der Waals surface area contributed by atoms with E-state index in [1.807, 2.05) is 52.0 Å². The zero-order valence-electron chi connectivity index (χ0n) is 29.1. The predicted octanol–water partition coefficient (Wildman–Crippen LogP) is 4.24. The second kappa shape index (κ2) is 13.9. The lowest BCUT2D eigenvalue weighted by Gasteiger charge is -2.36. The van der Waals surface area contributed by atoms with Crippen LogP contribution in [0.5, 0.6) is 0 Å². The lowest BCUT2D eigenvalue weighted by Crippen LogP contribution is -2.58. The van der Waals surface area contributed by atoms with Gasteiger partial charge in [0.1, 0.15) is 23.7 Å². The molecule has 1 aromatic carbocycles. The van der Waals surface area contributed by atoms with Crippen molar-refractivity contribution in [2.24, 2.45) is 5.92 Å². The summed E-state index contributed by atoms with van der Waals surface area (Å²) in [6, 6.07) is 5.05. The SMILES string of the molecule is C[C@@H](C(=O)N[C@H](C(=O)N1CCC[C@H]1C(=O)Nc1ccccc1B1OC(C)(C)C(C)(C)O1)C1CCCCC1)N(C)C(=O)OC(C)(C)C. The average molecular weight is 641 g/mol. The second-order valence-electron chi connectivity index (χ2n) is 15.0. The molecule has 1 aliphatic carbocycles. The summed E-state index contributed by atoms with van der Waals surface area (Å²) in [5, 5.41) is 6.04. The van der Waals surface area contributed by atoms with E-state index in [2.05, 4.69) is 10.6 Å². The van der Waals surface area contributed by atoms with Crippen molar-refractivity contribution in [3.8, 4) is 0 Å². The zero-order valence-corrected chi connectivity index (χ0v) is 29.1. The number of carbonyl (C=O) groups excluding carboxylic acids is 4. The number of likely N-dealkylation sites (tertiary alicyclic amines) is 1. The molecule has 1 saturated carbocycles. The van der Waals surface area contributed by atoms with Gasteiger partial charge in [0.15, 0.2) is 0 Å². The van der Waals surface area contributed by atoms with Crippen molar-refractivity contribution >= 4 is 42.1 Å². The molecule has 0 bridgehead atoms. The molecule has 0 radical (unpaired) electrons. The van der Waals surface area contributed by atoms with Crippen LogP contribution < -0.4 is 16.1 Å². The molecule has 2 heterocycles. The summed E-state index contributed by atoms with van der Waals surface area (Å²) in [6.45, 7) is 15.2. The number of para-hydroxylation sites is 1. The monoisotopic (exact) mass is 640 g/mol. The smallest absolute Gasteiger partial charge is 0.444 e. The number of anilines is 1. The van der Waals surface area contributed by atoms with E-state index in [4.69, 9.17) is 14.0 Å². The number of hydrogen-bond acceptors (Lipinski definition) is 7. The van der Waals surface area contributed by atoms with Crippen molar-refractivity contribution in [3.05, 3.63) is 24.3 Å². The zero-order chi connectivity index (χ0) is 34.0. The van der Waals surface area contributed by atoms with Crippen LogP contribution in [0.3, 0.4) is 0 Å². The fraction of sp³-hybridized carbons (Fsp3) is 0.706. The summed E-state index contributed by atoms with van der Waals surface area (Å²) >= 11 is 0. The molecular formula is C34H53BN4O7. The Morgan fingerprint density at radius 1 is 0.978 bits per heavy atom. The third-order valence-corrected chi connectivity index (χ3v) is 9.89. The number of hydrogen-bond donors (Lipinski definition) is 2. The Kier molecular flexibility index (Phi) is 10.8. The van der Waals surface area contributed by atoms with Crippen molar-refractivity contribution in [2.45, 2.75) is 135 Å². The maximum Gasteiger partial charge on any atom is 0.496 e. The van der Waals surface area contributed by atoms with E-state index >= 15 is 0 Å². The maximum atomic E-state index is 14.3. The number of ether oxygens (including phenoxy) is 1. The summed E-state index contributed by atoms with van der Waals surface area (Å²) in [4.78, 5) is 57.1. The second-order valence-corrected chi connectivity index (χ2v) is 15.0. The summed E-state index contributed by atoms with van der Waals surface area (Å²) < 4.78 is 18.0. The number of likely N-dealkylation sites (N-methyl/N-ethyl adjacent to an activating group) is 1. The minimum atomic E-state index is -0.863. The van der Waals surface area contributed by atoms with Crippen molar-refractivity contribution in [3.63, 3.8) is 0 Å². The quantitative estimate of drug-likeness (QED) is 0.408. The van der Waals surface area contributed by atoms with Crippen LogP contribution in [0.2, 0.25) is 0 Å². The molecule has 3 fully saturated rings. The molecule has 2 N–H and O–H groups in total. The molecule has 0 aromatic heterocycles. The Bertz CT molecular complexity index is 1270. The van der Waals surface area contributed by atoms with Crippen molar-refractivity contribution in [1.29, 1.82) is 0 Å². The molecule has 254 valence electrons. The Morgan fingerprint density at radius 2 is 1.59 bits per heavy atom. The van der Waals surface area contributed by atoms with E-state index in [-0.39, 0.29) is 17.7 Å². The van der Waals surface area contributed by atoms with Gasteiger partial charge < -0.3 is 29.6 Å². The molecule has 11 nitrogen and oxygen atoms in total. The van der Waals surface area contributed by atoms with Gasteiger partial charge in [-0.05, 0) is 93.1 Å². The van der Waals surface area contributed by atoms with Crippen molar-refractivity contribution < 1.29 is 33.2 Å². The van der Waals surface area contributed by atoms with E-state index in [1.165, 1.54) is 11.9 Å². The van der Waals surface area contributed by atoms with Gasteiger partial charge >= 0.3 is 13.2 Å². The molecule has 4 rings (SSSR count). The van der Waals surface area contributed by atoms with Gasteiger partial charge in [0, 0.05) is 24.7 Å². The topological polar surface area (TPSA) is 127 Å². The molecule has 1 aromatic rings. The minimum Gasteiger partial charge on any atom is -0.444 e. The Balaban J connectivity index is 1.50. The highest BCUT2D eigenvalue weighted by Gasteiger charge is 2.52. The fourth-order valence-corrected chi connectivity index (χ4v) is 6.27. The van der Waals surface area contributed by atoms with Crippen LogP contribution >= 0.6 is 0 Å². The van der Waals surface area contributed by atoms with Gasteiger partial charge in [-0.3, -0.25) is 19.3 Å². The van der Waals surface area contributed by atoms with Crippen LogP contribution in [-0.4, -0.2) is 89.3 Å². The number of carbonyl (C=O) groups is 4. The van der Waals surface area contributed by atoms with Gasteiger partial charge in [0.2, 0.25) is 17.7 Å². The maximum absolute atomic E-state index is 14.3. The summed E-state index contributed by atoms with van der Waals surface area (Å²) in [7, 11) is 0.854. The van der Waals surface area contributed by atoms with Gasteiger partial charge in [0.05, 0.1) is 11.2 Å². The van der Waals surface area contributed by atoms with E-state index in [0.717, 1.165) is 32.1 Å². The van der Waals surface area contributed by atoms with Crippen LogP contribution in [0.25, 0.3) is 0 Å². The van der Waals surface area contributed by atoms with Crippen LogP contribution in [0.4, 0.5) is 10.5 Å². The number of nitrogens with one attached hydrogen (secondary N) is 2. The Hall–Kier alpha value is -3.12. The largest absolute Gasteiger partial charge is 0.496 e. The molecule has 3 atom stereocenters. The highest BCUT2D eigenvalue weighted by Crippen LogP contribution is 2.37. The van der Waals surface area contributed by atoms with Crippen LogP contribution in [-0.2, 0) is 28.4 Å². The predicted molar refractivity (Wildman–Crippen MR) is 177 cm³/mol. The molecule has 46 heavy (non-hydrogen) atoms. The first-order valence-corrected chi connectivity index (χ1v) is 16.7. The first-order valence-electron chi connectivity index (χ1n) is 16.7. The Labute approximate surface area is 274 Å². The average Bonchev–Trinajstić information content (AvgIpc) is 3.56. The first-order chi connectivity index (χ1) is 21.4. The Morgan fingerprint density at radius 3 is 2.20 bits per heavy atom. The number of amides is 4. The third kappa shape index (κ3) is 8.05. The fourth-order valence-electron chi connectivity index (χ4n) is 6.27. The van der Waals surface area contributed by atoms with Gasteiger partial charge in [-0.25, -0.2) is 4.79 Å². The molecular weight excluding hydrogens is 587 g/mol. The van der Waals surface area contributed by atoms with E-state index < -0.39 is 54.0 Å². The van der Waals surface area contributed by atoms with E-state index in [0.29, 0.717) is 30.5 Å². The highest BCUT2D eigenvalue weighted by molar-refractivity contribution is 6.64. The minimum absolute atomic E-state index is 0.0577. The summed E-state index contributed by atoms with van der Waals surface area (Å²) in [6.07, 6.45) is 5.20. The molecule has 0 unspecified atom stereocenters.